The van der Waals surface area contributed by atoms with Gasteiger partial charge in [-0.05, 0) is 42.9 Å². The molecule has 2 fully saturated rings. The van der Waals surface area contributed by atoms with E-state index in [9.17, 15) is 14.4 Å². The highest BCUT2D eigenvalue weighted by atomic mass is 16.2. The average molecular weight is 445 g/mol. The van der Waals surface area contributed by atoms with Crippen molar-refractivity contribution in [1.29, 1.82) is 0 Å². The van der Waals surface area contributed by atoms with E-state index in [0.29, 0.717) is 18.9 Å². The monoisotopic (exact) mass is 444 g/mol. The van der Waals surface area contributed by atoms with E-state index in [1.54, 1.807) is 0 Å². The average Bonchev–Trinajstić information content (AvgIpc) is 3.56. The minimum absolute atomic E-state index is 0.0699. The van der Waals surface area contributed by atoms with Crippen LogP contribution in [0.3, 0.4) is 0 Å². The largest absolute Gasteiger partial charge is 0.361 e. The fraction of sp³-hybridized carbons (Fsp3) is 0.346. The fourth-order valence-corrected chi connectivity index (χ4v) is 4.68. The van der Waals surface area contributed by atoms with Gasteiger partial charge in [-0.1, -0.05) is 48.5 Å². The van der Waals surface area contributed by atoms with Gasteiger partial charge >= 0.3 is 6.03 Å². The smallest absolute Gasteiger partial charge is 0.325 e. The quantitative estimate of drug-likeness (QED) is 0.522. The number of aromatic nitrogens is 1. The normalized spacial score (nSPS) is 19.1. The van der Waals surface area contributed by atoms with Crippen molar-refractivity contribution in [3.05, 3.63) is 71.9 Å². The first-order valence-corrected chi connectivity index (χ1v) is 11.5. The molecule has 1 saturated heterocycles. The molecule has 7 nitrogen and oxygen atoms in total. The van der Waals surface area contributed by atoms with E-state index >= 15 is 0 Å². The van der Waals surface area contributed by atoms with Gasteiger partial charge in [-0.2, -0.15) is 0 Å². The molecule has 2 heterocycles. The molecule has 0 unspecified atom stereocenters. The van der Waals surface area contributed by atoms with Crippen molar-refractivity contribution in [3.8, 4) is 0 Å². The molecule has 2 atom stereocenters. The van der Waals surface area contributed by atoms with Gasteiger partial charge in [-0.25, -0.2) is 4.79 Å². The first kappa shape index (κ1) is 21.2. The number of benzene rings is 2. The molecule has 3 aromatic rings. The molecule has 0 spiro atoms. The first-order valence-electron chi connectivity index (χ1n) is 11.5. The Balaban J connectivity index is 1.29. The maximum absolute atomic E-state index is 13.3. The topological polar surface area (TPSA) is 85.5 Å². The number of rotatable bonds is 8. The number of nitrogens with zero attached hydrogens (tertiary/aromatic N) is 2. The van der Waals surface area contributed by atoms with Crippen molar-refractivity contribution < 1.29 is 14.4 Å². The lowest BCUT2D eigenvalue weighted by molar-refractivity contribution is -0.139. The van der Waals surface area contributed by atoms with Crippen LogP contribution in [0.1, 0.15) is 30.9 Å². The Morgan fingerprint density at radius 2 is 1.82 bits per heavy atom. The SMILES string of the molecule is C[C@@H](C1CC1)N(Cc1ccccc1)C(=O)CN1C(=O)N[C@H](Cc2c[nH]c3ccccc23)C1=O. The molecule has 5 rings (SSSR count). The van der Waals surface area contributed by atoms with Crippen LogP contribution in [0.2, 0.25) is 0 Å². The molecule has 1 saturated carbocycles. The third kappa shape index (κ3) is 4.35. The Morgan fingerprint density at radius 3 is 2.58 bits per heavy atom. The summed E-state index contributed by atoms with van der Waals surface area (Å²) in [5, 5.41) is 3.80. The van der Waals surface area contributed by atoms with E-state index < -0.39 is 12.1 Å². The van der Waals surface area contributed by atoms with Crippen LogP contribution >= 0.6 is 0 Å². The fourth-order valence-electron chi connectivity index (χ4n) is 4.68. The van der Waals surface area contributed by atoms with Gasteiger partial charge in [0.1, 0.15) is 12.6 Å². The van der Waals surface area contributed by atoms with Crippen molar-refractivity contribution in [2.24, 2.45) is 5.92 Å². The Hall–Kier alpha value is -3.61. The van der Waals surface area contributed by atoms with Crippen LogP contribution in [0.25, 0.3) is 10.9 Å². The number of imide groups is 1. The van der Waals surface area contributed by atoms with Crippen LogP contribution in [-0.4, -0.2) is 51.3 Å². The van der Waals surface area contributed by atoms with Crippen LogP contribution in [0.4, 0.5) is 4.79 Å². The van der Waals surface area contributed by atoms with Gasteiger partial charge in [0.2, 0.25) is 5.91 Å². The molecule has 170 valence electrons. The third-order valence-corrected chi connectivity index (χ3v) is 6.81. The Morgan fingerprint density at radius 1 is 1.09 bits per heavy atom. The number of carbonyl (C=O) groups excluding carboxylic acids is 3. The highest BCUT2D eigenvalue weighted by Gasteiger charge is 2.41. The third-order valence-electron chi connectivity index (χ3n) is 6.81. The summed E-state index contributed by atoms with van der Waals surface area (Å²) >= 11 is 0. The molecule has 2 aliphatic rings. The second kappa shape index (κ2) is 8.73. The van der Waals surface area contributed by atoms with E-state index in [1.165, 1.54) is 0 Å². The molecule has 1 aliphatic carbocycles. The maximum atomic E-state index is 13.3. The summed E-state index contributed by atoms with van der Waals surface area (Å²) < 4.78 is 0. The minimum atomic E-state index is -0.673. The first-order chi connectivity index (χ1) is 16.0. The molecular formula is C26H28N4O3. The number of amides is 4. The standard InChI is InChI=1S/C26H28N4O3/c1-17(19-11-12-19)29(15-18-7-3-2-4-8-18)24(31)16-30-25(32)23(28-26(30)33)13-20-14-27-22-10-6-5-9-21(20)22/h2-10,14,17,19,23,27H,11-13,15-16H2,1H3,(H,28,33)/t17-,23+/m0/s1. The summed E-state index contributed by atoms with van der Waals surface area (Å²) in [4.78, 5) is 45.1. The van der Waals surface area contributed by atoms with Crippen LogP contribution in [0.15, 0.2) is 60.8 Å². The summed E-state index contributed by atoms with van der Waals surface area (Å²) in [6.45, 7) is 2.29. The molecule has 0 bridgehead atoms. The highest BCUT2D eigenvalue weighted by Crippen LogP contribution is 2.36. The van der Waals surface area contributed by atoms with Crippen molar-refractivity contribution in [1.82, 2.24) is 20.1 Å². The lowest BCUT2D eigenvalue weighted by atomic mass is 10.1. The molecular weight excluding hydrogens is 416 g/mol. The van der Waals surface area contributed by atoms with Crippen molar-refractivity contribution in [3.63, 3.8) is 0 Å². The number of hydrogen-bond acceptors (Lipinski definition) is 3. The molecule has 33 heavy (non-hydrogen) atoms. The Kier molecular flexibility index (Phi) is 5.62. The minimum Gasteiger partial charge on any atom is -0.361 e. The zero-order valence-corrected chi connectivity index (χ0v) is 18.7. The van der Waals surface area contributed by atoms with E-state index in [-0.39, 0.29) is 24.4 Å². The van der Waals surface area contributed by atoms with Gasteiger partial charge < -0.3 is 15.2 Å². The number of urea groups is 1. The number of nitrogens with one attached hydrogen (secondary N) is 2. The molecule has 1 aromatic heterocycles. The molecule has 2 aromatic carbocycles. The van der Waals surface area contributed by atoms with Gasteiger partial charge in [0.15, 0.2) is 0 Å². The maximum Gasteiger partial charge on any atom is 0.325 e. The number of fused-ring (bicyclic) bond motifs is 1. The molecule has 2 N–H and O–H groups in total. The van der Waals surface area contributed by atoms with Crippen molar-refractivity contribution in [2.75, 3.05) is 6.54 Å². The lowest BCUT2D eigenvalue weighted by Crippen LogP contribution is -2.47. The van der Waals surface area contributed by atoms with E-state index in [1.807, 2.05) is 65.7 Å². The lowest BCUT2D eigenvalue weighted by Gasteiger charge is -2.30. The van der Waals surface area contributed by atoms with Crippen LogP contribution in [0.5, 0.6) is 0 Å². The highest BCUT2D eigenvalue weighted by molar-refractivity contribution is 6.06. The molecule has 4 amide bonds. The predicted octanol–water partition coefficient (Wildman–Crippen LogP) is 3.46. The molecule has 1 aliphatic heterocycles. The predicted molar refractivity (Wildman–Crippen MR) is 125 cm³/mol. The molecule has 0 radical (unpaired) electrons. The zero-order chi connectivity index (χ0) is 22.9. The summed E-state index contributed by atoms with van der Waals surface area (Å²) in [6.07, 6.45) is 4.47. The van der Waals surface area contributed by atoms with E-state index in [2.05, 4.69) is 17.2 Å². The number of hydrogen-bond donors (Lipinski definition) is 2. The summed E-state index contributed by atoms with van der Waals surface area (Å²) in [5.74, 6) is -0.0674. The summed E-state index contributed by atoms with van der Waals surface area (Å²) in [6, 6.07) is 16.6. The van der Waals surface area contributed by atoms with Crippen LogP contribution in [-0.2, 0) is 22.6 Å². The summed E-state index contributed by atoms with van der Waals surface area (Å²) in [5.41, 5.74) is 2.99. The van der Waals surface area contributed by atoms with Gasteiger partial charge in [-0.3, -0.25) is 14.5 Å². The van der Waals surface area contributed by atoms with Crippen LogP contribution < -0.4 is 5.32 Å². The van der Waals surface area contributed by atoms with Crippen LogP contribution in [0, 0.1) is 5.92 Å². The Labute approximate surface area is 192 Å². The number of carbonyl (C=O) groups is 3. The van der Waals surface area contributed by atoms with Crippen molar-refractivity contribution >= 4 is 28.7 Å². The summed E-state index contributed by atoms with van der Waals surface area (Å²) in [7, 11) is 0. The number of para-hydroxylation sites is 1. The Bertz CT molecular complexity index is 1180. The van der Waals surface area contributed by atoms with Gasteiger partial charge in [0.25, 0.3) is 5.91 Å². The van der Waals surface area contributed by atoms with E-state index in [4.69, 9.17) is 0 Å². The molecule has 7 heteroatoms. The zero-order valence-electron chi connectivity index (χ0n) is 18.7. The second-order valence-corrected chi connectivity index (χ2v) is 9.08. The number of H-pyrrole nitrogens is 1. The van der Waals surface area contributed by atoms with Gasteiger partial charge in [0.05, 0.1) is 0 Å². The van der Waals surface area contributed by atoms with Crippen molar-refractivity contribution in [2.45, 2.75) is 44.8 Å². The second-order valence-electron chi connectivity index (χ2n) is 9.08. The van der Waals surface area contributed by atoms with Gasteiger partial charge in [-0.15, -0.1) is 0 Å². The number of aromatic amines is 1. The van der Waals surface area contributed by atoms with E-state index in [0.717, 1.165) is 39.8 Å². The van der Waals surface area contributed by atoms with Gasteiger partial charge in [0, 0.05) is 36.1 Å².